The van der Waals surface area contributed by atoms with Crippen LogP contribution in [0.1, 0.15) is 33.6 Å². The monoisotopic (exact) mass is 434 g/mol. The Morgan fingerprint density at radius 1 is 0.935 bits per heavy atom. The molecule has 0 unspecified atom stereocenters. The minimum absolute atomic E-state index is 0.129. The second-order valence-corrected chi connectivity index (χ2v) is 8.90. The number of carbonyl (C=O) groups is 2. The lowest BCUT2D eigenvalue weighted by Gasteiger charge is -2.12. The van der Waals surface area contributed by atoms with Crippen LogP contribution in [0.5, 0.6) is 0 Å². The first-order valence-corrected chi connectivity index (χ1v) is 10.8. The highest BCUT2D eigenvalue weighted by Gasteiger charge is 2.35. The molecule has 0 N–H and O–H groups in total. The van der Waals surface area contributed by atoms with Gasteiger partial charge in [0.15, 0.2) is 0 Å². The van der Waals surface area contributed by atoms with Crippen LogP contribution >= 0.6 is 11.8 Å². The largest absolute Gasteiger partial charge is 0.318 e. The number of aryl methyl sites for hydroxylation is 3. The van der Waals surface area contributed by atoms with E-state index in [4.69, 9.17) is 0 Å². The number of hydrogen-bond acceptors (Lipinski definition) is 3. The number of rotatable bonds is 4. The number of carbonyl (C=O) groups excluding carboxylic acids is 2. The zero-order chi connectivity index (χ0) is 22.3. The fraction of sp³-hybridized carbons (Fsp3) is 0.200. The molecule has 2 amide bonds. The molecule has 2 heterocycles. The Hall–Kier alpha value is -3.12. The van der Waals surface area contributed by atoms with Gasteiger partial charge in [-0.15, -0.1) is 0 Å². The molecule has 6 heteroatoms. The minimum atomic E-state index is -0.350. The van der Waals surface area contributed by atoms with Crippen LogP contribution in [0.15, 0.2) is 53.4 Å². The first-order chi connectivity index (χ1) is 14.7. The summed E-state index contributed by atoms with van der Waals surface area (Å²) in [4.78, 5) is 26.9. The lowest BCUT2D eigenvalue weighted by molar-refractivity contribution is -0.123. The van der Waals surface area contributed by atoms with E-state index in [9.17, 15) is 14.0 Å². The Balaban J connectivity index is 1.64. The second-order valence-electron chi connectivity index (χ2n) is 7.90. The molecule has 0 radical (unpaired) electrons. The van der Waals surface area contributed by atoms with E-state index in [0.29, 0.717) is 10.5 Å². The Morgan fingerprint density at radius 3 is 2.23 bits per heavy atom. The quantitative estimate of drug-likeness (QED) is 0.467. The van der Waals surface area contributed by atoms with Gasteiger partial charge in [0.25, 0.3) is 11.1 Å². The highest BCUT2D eigenvalue weighted by molar-refractivity contribution is 8.18. The molecule has 0 spiro atoms. The van der Waals surface area contributed by atoms with E-state index in [-0.39, 0.29) is 23.5 Å². The first-order valence-electron chi connectivity index (χ1n) is 10.0. The minimum Gasteiger partial charge on any atom is -0.318 e. The Labute approximate surface area is 185 Å². The number of amides is 2. The fourth-order valence-corrected chi connectivity index (χ4v) is 4.79. The van der Waals surface area contributed by atoms with Crippen LogP contribution in [-0.2, 0) is 11.3 Å². The number of nitrogens with zero attached hydrogens (tertiary/aromatic N) is 2. The summed E-state index contributed by atoms with van der Waals surface area (Å²) < 4.78 is 15.3. The highest BCUT2D eigenvalue weighted by Crippen LogP contribution is 2.34. The van der Waals surface area contributed by atoms with Gasteiger partial charge in [0.2, 0.25) is 0 Å². The predicted molar refractivity (Wildman–Crippen MR) is 123 cm³/mol. The van der Waals surface area contributed by atoms with Crippen molar-refractivity contribution < 1.29 is 14.0 Å². The van der Waals surface area contributed by atoms with E-state index in [2.05, 4.69) is 36.6 Å². The third kappa shape index (κ3) is 4.21. The molecule has 4 rings (SSSR count). The summed E-state index contributed by atoms with van der Waals surface area (Å²) in [7, 11) is 0. The van der Waals surface area contributed by atoms with E-state index in [1.165, 1.54) is 28.2 Å². The van der Waals surface area contributed by atoms with Crippen molar-refractivity contribution in [1.29, 1.82) is 0 Å². The molecule has 0 saturated carbocycles. The van der Waals surface area contributed by atoms with Gasteiger partial charge in [-0.3, -0.25) is 14.5 Å². The van der Waals surface area contributed by atoms with E-state index in [1.54, 1.807) is 18.2 Å². The lowest BCUT2D eigenvalue weighted by atomic mass is 10.1. The molecule has 2 aromatic carbocycles. The van der Waals surface area contributed by atoms with Gasteiger partial charge in [-0.2, -0.15) is 0 Å². The normalized spacial score (nSPS) is 15.4. The number of aromatic nitrogens is 1. The van der Waals surface area contributed by atoms with Crippen LogP contribution in [0.4, 0.5) is 9.18 Å². The van der Waals surface area contributed by atoms with E-state index in [1.807, 2.05) is 19.9 Å². The molecule has 3 aromatic rings. The van der Waals surface area contributed by atoms with Crippen molar-refractivity contribution in [2.24, 2.45) is 0 Å². The molecule has 1 aliphatic heterocycles. The third-order valence-corrected chi connectivity index (χ3v) is 6.26. The number of hydrogen-bond donors (Lipinski definition) is 0. The van der Waals surface area contributed by atoms with Crippen molar-refractivity contribution >= 4 is 29.0 Å². The summed E-state index contributed by atoms with van der Waals surface area (Å²) in [5.74, 6) is -0.674. The van der Waals surface area contributed by atoms with Gasteiger partial charge in [-0.1, -0.05) is 18.2 Å². The zero-order valence-electron chi connectivity index (χ0n) is 17.9. The van der Waals surface area contributed by atoms with Crippen LogP contribution in [0.25, 0.3) is 11.8 Å². The van der Waals surface area contributed by atoms with Gasteiger partial charge < -0.3 is 4.57 Å². The summed E-state index contributed by atoms with van der Waals surface area (Å²) >= 11 is 0.939. The molecular formula is C25H23FN2O2S. The summed E-state index contributed by atoms with van der Waals surface area (Å²) in [5, 5.41) is -0.316. The Bertz CT molecular complexity index is 1200. The van der Waals surface area contributed by atoms with Crippen molar-refractivity contribution in [2.75, 3.05) is 0 Å². The van der Waals surface area contributed by atoms with Crippen molar-refractivity contribution in [1.82, 2.24) is 9.47 Å². The zero-order valence-corrected chi connectivity index (χ0v) is 18.7. The van der Waals surface area contributed by atoms with Crippen LogP contribution < -0.4 is 0 Å². The van der Waals surface area contributed by atoms with Crippen LogP contribution in [0.3, 0.4) is 0 Å². The summed E-state index contributed by atoms with van der Waals surface area (Å²) in [6.45, 7) is 8.32. The van der Waals surface area contributed by atoms with E-state index < -0.39 is 0 Å². The highest BCUT2D eigenvalue weighted by atomic mass is 32.2. The Morgan fingerprint density at radius 2 is 1.58 bits per heavy atom. The Kier molecular flexibility index (Phi) is 5.58. The number of halogens is 1. The first kappa shape index (κ1) is 21.1. The second kappa shape index (κ2) is 8.19. The van der Waals surface area contributed by atoms with Gasteiger partial charge in [0.1, 0.15) is 5.82 Å². The van der Waals surface area contributed by atoms with Crippen molar-refractivity contribution in [3.05, 3.63) is 92.9 Å². The van der Waals surface area contributed by atoms with Gasteiger partial charge in [0.05, 0.1) is 11.4 Å². The van der Waals surface area contributed by atoms with Gasteiger partial charge in [-0.25, -0.2) is 4.39 Å². The molecule has 4 nitrogen and oxygen atoms in total. The van der Waals surface area contributed by atoms with Crippen LogP contribution in [0.2, 0.25) is 0 Å². The standard InChI is InChI=1S/C25H23FN2O2S/c1-15-9-16(2)11-22(10-15)28-17(3)12-20(18(28)4)13-23-24(29)27(25(30)31-23)14-19-5-7-21(26)8-6-19/h5-13H,14H2,1-4H3/b23-13-. The average Bonchev–Trinajstić information content (AvgIpc) is 3.12. The maximum atomic E-state index is 13.1. The molecule has 1 aromatic heterocycles. The van der Waals surface area contributed by atoms with Crippen molar-refractivity contribution in [3.63, 3.8) is 0 Å². The molecule has 31 heavy (non-hydrogen) atoms. The van der Waals surface area contributed by atoms with Crippen LogP contribution in [-0.4, -0.2) is 20.6 Å². The molecule has 0 bridgehead atoms. The van der Waals surface area contributed by atoms with Crippen molar-refractivity contribution in [3.8, 4) is 5.69 Å². The smallest absolute Gasteiger partial charge is 0.293 e. The third-order valence-electron chi connectivity index (χ3n) is 5.35. The average molecular weight is 435 g/mol. The summed E-state index contributed by atoms with van der Waals surface area (Å²) in [6.07, 6.45) is 1.79. The molecule has 0 aliphatic carbocycles. The number of imide groups is 1. The molecule has 1 aliphatic rings. The van der Waals surface area contributed by atoms with Gasteiger partial charge in [-0.05, 0) is 98.1 Å². The maximum Gasteiger partial charge on any atom is 0.293 e. The maximum absolute atomic E-state index is 13.1. The molecule has 158 valence electrons. The number of benzene rings is 2. The van der Waals surface area contributed by atoms with E-state index in [0.717, 1.165) is 34.4 Å². The molecule has 1 saturated heterocycles. The lowest BCUT2D eigenvalue weighted by Crippen LogP contribution is -2.27. The molecular weight excluding hydrogens is 411 g/mol. The SMILES string of the molecule is Cc1cc(C)cc(-n2c(C)cc(/C=C3\SC(=O)N(Cc4ccc(F)cc4)C3=O)c2C)c1. The van der Waals surface area contributed by atoms with Crippen LogP contribution in [0, 0.1) is 33.5 Å². The number of thioether (sulfide) groups is 1. The van der Waals surface area contributed by atoms with Crippen molar-refractivity contribution in [2.45, 2.75) is 34.2 Å². The summed E-state index contributed by atoms with van der Waals surface area (Å²) in [5.41, 5.74) is 7.13. The molecule has 0 atom stereocenters. The predicted octanol–water partition coefficient (Wildman–Crippen LogP) is 6.09. The molecule has 1 fully saturated rings. The van der Waals surface area contributed by atoms with Gasteiger partial charge >= 0.3 is 0 Å². The summed E-state index contributed by atoms with van der Waals surface area (Å²) in [6, 6.07) is 14.2. The van der Waals surface area contributed by atoms with Gasteiger partial charge in [0, 0.05) is 17.1 Å². The fourth-order valence-electron chi connectivity index (χ4n) is 3.96. The topological polar surface area (TPSA) is 42.3 Å². The van der Waals surface area contributed by atoms with E-state index >= 15 is 0 Å².